The Morgan fingerprint density at radius 1 is 1.00 bits per heavy atom. The molecule has 0 atom stereocenters. The molecule has 1 fully saturated rings. The molecule has 0 aliphatic carbocycles. The Morgan fingerprint density at radius 2 is 1.77 bits per heavy atom. The van der Waals surface area contributed by atoms with E-state index in [4.69, 9.17) is 21.1 Å². The number of imide groups is 1. The first-order valence-corrected chi connectivity index (χ1v) is 14.8. The summed E-state index contributed by atoms with van der Waals surface area (Å²) in [6, 6.07) is 21.7. The van der Waals surface area contributed by atoms with Crippen LogP contribution in [0.2, 0.25) is 5.02 Å². The van der Waals surface area contributed by atoms with Crippen LogP contribution in [0.5, 0.6) is 5.75 Å². The van der Waals surface area contributed by atoms with Crippen LogP contribution in [0.25, 0.3) is 17.0 Å². The van der Waals surface area contributed by atoms with E-state index < -0.39 is 29.6 Å². The second kappa shape index (κ2) is 13.6. The van der Waals surface area contributed by atoms with Crippen molar-refractivity contribution in [3.8, 4) is 5.75 Å². The number of carbonyl (C=O) groups is 4. The van der Waals surface area contributed by atoms with Crippen LogP contribution in [0, 0.1) is 0 Å². The summed E-state index contributed by atoms with van der Waals surface area (Å²) in [5.74, 6) is -0.991. The minimum atomic E-state index is -0.607. The monoisotopic (exact) mass is 617 g/mol. The Kier molecular flexibility index (Phi) is 9.48. The maximum atomic E-state index is 13.2. The van der Waals surface area contributed by atoms with Gasteiger partial charge in [-0.05, 0) is 60.7 Å². The quantitative estimate of drug-likeness (QED) is 0.149. The third kappa shape index (κ3) is 7.10. The molecule has 1 N–H and O–H groups in total. The zero-order valence-corrected chi connectivity index (χ0v) is 24.8. The number of hydrogen-bond acceptors (Lipinski definition) is 7. The molecule has 4 aromatic rings. The molecule has 3 aromatic carbocycles. The van der Waals surface area contributed by atoms with Gasteiger partial charge in [0.1, 0.15) is 18.9 Å². The lowest BCUT2D eigenvalue weighted by Gasteiger charge is -2.13. The number of amides is 3. The average molecular weight is 618 g/mol. The van der Waals surface area contributed by atoms with Crippen LogP contribution >= 0.6 is 23.4 Å². The van der Waals surface area contributed by atoms with Crippen molar-refractivity contribution in [1.82, 2.24) is 9.47 Å². The van der Waals surface area contributed by atoms with Crippen LogP contribution in [-0.2, 0) is 20.9 Å². The largest absolute Gasteiger partial charge is 0.492 e. The molecule has 43 heavy (non-hydrogen) atoms. The van der Waals surface area contributed by atoms with E-state index in [0.29, 0.717) is 19.6 Å². The molecule has 1 aromatic heterocycles. The van der Waals surface area contributed by atoms with Gasteiger partial charge in [0.05, 0.1) is 28.6 Å². The Hall–Kier alpha value is -4.54. The van der Waals surface area contributed by atoms with Crippen LogP contribution in [-0.4, -0.2) is 52.2 Å². The molecule has 0 spiro atoms. The topological polar surface area (TPSA) is 107 Å². The number of ether oxygens (including phenoxy) is 2. The maximum absolute atomic E-state index is 13.2. The van der Waals surface area contributed by atoms with Gasteiger partial charge in [-0.3, -0.25) is 19.3 Å². The number of aromatic nitrogens is 1. The summed E-state index contributed by atoms with van der Waals surface area (Å²) < 4.78 is 13.0. The molecule has 1 saturated heterocycles. The van der Waals surface area contributed by atoms with Gasteiger partial charge in [-0.1, -0.05) is 54.9 Å². The van der Waals surface area contributed by atoms with E-state index in [0.717, 1.165) is 38.9 Å². The Balaban J connectivity index is 1.27. The van der Waals surface area contributed by atoms with Crippen LogP contribution in [0.4, 0.5) is 10.5 Å². The van der Waals surface area contributed by atoms with Gasteiger partial charge < -0.3 is 19.4 Å². The van der Waals surface area contributed by atoms with E-state index in [2.05, 4.69) is 5.32 Å². The molecular weight excluding hydrogens is 590 g/mol. The van der Waals surface area contributed by atoms with Gasteiger partial charge in [-0.15, -0.1) is 0 Å². The van der Waals surface area contributed by atoms with Crippen molar-refractivity contribution in [3.05, 3.63) is 100 Å². The van der Waals surface area contributed by atoms with Gasteiger partial charge in [0.15, 0.2) is 0 Å². The molecular formula is C32H28ClN3O6S. The number of para-hydroxylation sites is 2. The van der Waals surface area contributed by atoms with Gasteiger partial charge in [0, 0.05) is 28.4 Å². The van der Waals surface area contributed by atoms with Crippen molar-refractivity contribution >= 4 is 69.1 Å². The molecule has 11 heteroatoms. The molecule has 3 amide bonds. The van der Waals surface area contributed by atoms with E-state index in [1.54, 1.807) is 6.08 Å². The molecule has 1 aliphatic rings. The SMILES string of the molecule is CCCOC(=O)c1cc(NC(=O)CN2C(=O)S/C(=C\c3cn(CCOc4ccccc4)c4ccccc34)C2=O)ccc1Cl. The molecule has 0 bridgehead atoms. The van der Waals surface area contributed by atoms with Gasteiger partial charge in [-0.2, -0.15) is 0 Å². The lowest BCUT2D eigenvalue weighted by atomic mass is 10.1. The van der Waals surface area contributed by atoms with Crippen molar-refractivity contribution in [2.45, 2.75) is 19.9 Å². The molecule has 0 radical (unpaired) electrons. The van der Waals surface area contributed by atoms with Gasteiger partial charge in [-0.25, -0.2) is 4.79 Å². The first-order valence-electron chi connectivity index (χ1n) is 13.6. The lowest BCUT2D eigenvalue weighted by molar-refractivity contribution is -0.127. The van der Waals surface area contributed by atoms with Crippen molar-refractivity contribution < 1.29 is 28.7 Å². The standard InChI is InChI=1S/C32H28ClN3O6S/c1-2-15-42-31(39)25-18-22(12-13-26(25)33)34-29(37)20-36-30(38)28(43-32(36)40)17-21-19-35(27-11-7-6-10-24(21)27)14-16-41-23-8-4-3-5-9-23/h3-13,17-19H,2,14-16,20H2,1H3,(H,34,37)/b28-17-. The second-order valence-corrected chi connectivity index (χ2v) is 11.0. The summed E-state index contributed by atoms with van der Waals surface area (Å²) in [5.41, 5.74) is 2.12. The second-order valence-electron chi connectivity index (χ2n) is 9.60. The van der Waals surface area contributed by atoms with Gasteiger partial charge in [0.25, 0.3) is 11.1 Å². The number of nitrogens with zero attached hydrogens (tertiary/aromatic N) is 2. The number of benzene rings is 3. The van der Waals surface area contributed by atoms with Crippen LogP contribution in [0.3, 0.4) is 0 Å². The smallest absolute Gasteiger partial charge is 0.339 e. The Bertz CT molecular complexity index is 1720. The first kappa shape index (κ1) is 29.9. The molecule has 220 valence electrons. The minimum absolute atomic E-state index is 0.104. The van der Waals surface area contributed by atoms with E-state index in [1.165, 1.54) is 18.2 Å². The molecule has 1 aliphatic heterocycles. The number of thioether (sulfide) groups is 1. The summed E-state index contributed by atoms with van der Waals surface area (Å²) in [4.78, 5) is 52.1. The van der Waals surface area contributed by atoms with Crippen molar-refractivity contribution in [2.75, 3.05) is 25.1 Å². The number of hydrogen-bond donors (Lipinski definition) is 1. The molecule has 5 rings (SSSR count). The third-order valence-electron chi connectivity index (χ3n) is 6.53. The zero-order chi connectivity index (χ0) is 30.3. The number of carbonyl (C=O) groups excluding carboxylic acids is 4. The molecule has 9 nitrogen and oxygen atoms in total. The lowest BCUT2D eigenvalue weighted by Crippen LogP contribution is -2.36. The summed E-state index contributed by atoms with van der Waals surface area (Å²) in [5, 5.41) is 3.17. The molecule has 0 unspecified atom stereocenters. The summed E-state index contributed by atoms with van der Waals surface area (Å²) in [6.45, 7) is 2.64. The summed E-state index contributed by atoms with van der Waals surface area (Å²) in [7, 11) is 0. The fraction of sp³-hybridized carbons (Fsp3) is 0.188. The highest BCUT2D eigenvalue weighted by atomic mass is 35.5. The highest BCUT2D eigenvalue weighted by molar-refractivity contribution is 8.18. The van der Waals surface area contributed by atoms with Crippen molar-refractivity contribution in [3.63, 3.8) is 0 Å². The highest BCUT2D eigenvalue weighted by Gasteiger charge is 2.36. The van der Waals surface area contributed by atoms with E-state index in [9.17, 15) is 19.2 Å². The number of fused-ring (bicyclic) bond motifs is 1. The van der Waals surface area contributed by atoms with Crippen molar-refractivity contribution in [1.29, 1.82) is 0 Å². The predicted octanol–water partition coefficient (Wildman–Crippen LogP) is 6.62. The van der Waals surface area contributed by atoms with E-state index >= 15 is 0 Å². The average Bonchev–Trinajstić information content (AvgIpc) is 3.49. The zero-order valence-electron chi connectivity index (χ0n) is 23.2. The summed E-state index contributed by atoms with van der Waals surface area (Å²) >= 11 is 6.90. The normalized spacial score (nSPS) is 14.0. The maximum Gasteiger partial charge on any atom is 0.339 e. The van der Waals surface area contributed by atoms with Gasteiger partial charge in [0.2, 0.25) is 5.91 Å². The van der Waals surface area contributed by atoms with E-state index in [-0.39, 0.29) is 27.8 Å². The first-order chi connectivity index (χ1) is 20.8. The Labute approximate surface area is 257 Å². The van der Waals surface area contributed by atoms with Crippen molar-refractivity contribution in [2.24, 2.45) is 0 Å². The van der Waals surface area contributed by atoms with E-state index in [1.807, 2.05) is 72.3 Å². The van der Waals surface area contributed by atoms with Crippen LogP contribution < -0.4 is 10.1 Å². The number of esters is 1. The fourth-order valence-corrected chi connectivity index (χ4v) is 5.53. The highest BCUT2D eigenvalue weighted by Crippen LogP contribution is 2.34. The predicted molar refractivity (Wildman–Crippen MR) is 167 cm³/mol. The fourth-order valence-electron chi connectivity index (χ4n) is 4.51. The third-order valence-corrected chi connectivity index (χ3v) is 7.77. The Morgan fingerprint density at radius 3 is 2.56 bits per heavy atom. The molecule has 0 saturated carbocycles. The van der Waals surface area contributed by atoms with Gasteiger partial charge >= 0.3 is 5.97 Å². The minimum Gasteiger partial charge on any atom is -0.492 e. The summed E-state index contributed by atoms with van der Waals surface area (Å²) in [6.07, 6.45) is 4.24. The number of nitrogens with one attached hydrogen (secondary N) is 1. The number of anilines is 1. The number of rotatable bonds is 11. The molecule has 2 heterocycles. The van der Waals surface area contributed by atoms with Crippen LogP contribution in [0.1, 0.15) is 29.3 Å². The van der Waals surface area contributed by atoms with Crippen LogP contribution in [0.15, 0.2) is 83.9 Å². The number of halogens is 1.